The quantitative estimate of drug-likeness (QED) is 0.411. The highest BCUT2D eigenvalue weighted by molar-refractivity contribution is 6.76. The second-order valence-electron chi connectivity index (χ2n) is 9.70. The van der Waals surface area contributed by atoms with Crippen molar-refractivity contribution in [3.63, 3.8) is 0 Å². The van der Waals surface area contributed by atoms with Gasteiger partial charge in [-0.25, -0.2) is 4.98 Å². The zero-order chi connectivity index (χ0) is 22.9. The Bertz CT molecular complexity index is 1110. The number of pyridine rings is 1. The average molecular weight is 453 g/mol. The van der Waals surface area contributed by atoms with E-state index < -0.39 is 8.07 Å². The van der Waals surface area contributed by atoms with Crippen LogP contribution in [0.2, 0.25) is 25.7 Å². The van der Waals surface area contributed by atoms with E-state index in [9.17, 15) is 9.90 Å². The predicted molar refractivity (Wildman–Crippen MR) is 128 cm³/mol. The number of aromatic nitrogens is 3. The first kappa shape index (κ1) is 22.5. The third-order valence-electron chi connectivity index (χ3n) is 6.02. The highest BCUT2D eigenvalue weighted by atomic mass is 28.3. The molecule has 1 aliphatic rings. The Morgan fingerprint density at radius 1 is 1.28 bits per heavy atom. The lowest BCUT2D eigenvalue weighted by Crippen LogP contribution is -2.28. The summed E-state index contributed by atoms with van der Waals surface area (Å²) < 4.78 is 8.11. The number of likely N-dealkylation sites (tertiary alicyclic amines) is 1. The highest BCUT2D eigenvalue weighted by Gasteiger charge is 2.30. The molecule has 1 saturated heterocycles. The van der Waals surface area contributed by atoms with E-state index in [4.69, 9.17) is 9.72 Å². The van der Waals surface area contributed by atoms with Crippen LogP contribution in [0.25, 0.3) is 22.6 Å². The van der Waals surface area contributed by atoms with Gasteiger partial charge in [0.05, 0.1) is 17.1 Å². The summed E-state index contributed by atoms with van der Waals surface area (Å²) in [5, 5.41) is 10.8. The summed E-state index contributed by atoms with van der Waals surface area (Å²) in [4.78, 5) is 23.2. The van der Waals surface area contributed by atoms with Gasteiger partial charge in [0, 0.05) is 46.0 Å². The molecule has 7 nitrogen and oxygen atoms in total. The normalized spacial score (nSPS) is 16.8. The van der Waals surface area contributed by atoms with Crippen LogP contribution < -0.4 is 0 Å². The lowest BCUT2D eigenvalue weighted by molar-refractivity contribution is -0.129. The monoisotopic (exact) mass is 452 g/mol. The van der Waals surface area contributed by atoms with Crippen LogP contribution in [-0.4, -0.2) is 51.7 Å². The fraction of sp³-hybridized carbons (Fsp3) is 0.458. The third-order valence-corrected chi connectivity index (χ3v) is 7.73. The number of amides is 1. The maximum absolute atomic E-state index is 12.1. The number of phenols is 1. The molecule has 0 radical (unpaired) electrons. The molecule has 1 amide bonds. The SMILES string of the molecule is CC(=O)N1CCCC1c1cc2c(cc1O)nc(-c1ccccn1)n2COCC[Si](C)(C)C. The van der Waals surface area contributed by atoms with Crippen LogP contribution in [0.4, 0.5) is 0 Å². The van der Waals surface area contributed by atoms with Crippen molar-refractivity contribution in [3.8, 4) is 17.3 Å². The summed E-state index contributed by atoms with van der Waals surface area (Å²) in [6.45, 7) is 10.4. The molecule has 1 fully saturated rings. The first-order chi connectivity index (χ1) is 15.2. The Kier molecular flexibility index (Phi) is 6.35. The van der Waals surface area contributed by atoms with Gasteiger partial charge >= 0.3 is 0 Å². The van der Waals surface area contributed by atoms with Crippen LogP contribution in [-0.2, 0) is 16.3 Å². The zero-order valence-electron chi connectivity index (χ0n) is 19.3. The molecule has 8 heteroatoms. The molecule has 3 aromatic rings. The Hall–Kier alpha value is -2.71. The topological polar surface area (TPSA) is 80.5 Å². The van der Waals surface area contributed by atoms with Gasteiger partial charge in [-0.15, -0.1) is 0 Å². The number of aromatic hydroxyl groups is 1. The molecule has 0 aliphatic carbocycles. The number of hydrogen-bond donors (Lipinski definition) is 1. The van der Waals surface area contributed by atoms with Gasteiger partial charge in [-0.3, -0.25) is 14.3 Å². The molecule has 32 heavy (non-hydrogen) atoms. The first-order valence-electron chi connectivity index (χ1n) is 11.2. The maximum atomic E-state index is 12.1. The van der Waals surface area contributed by atoms with Gasteiger partial charge in [0.2, 0.25) is 5.91 Å². The molecule has 3 heterocycles. The first-order valence-corrected chi connectivity index (χ1v) is 14.9. The Morgan fingerprint density at radius 3 is 2.78 bits per heavy atom. The number of nitrogens with zero attached hydrogens (tertiary/aromatic N) is 4. The van der Waals surface area contributed by atoms with E-state index in [2.05, 4.69) is 24.6 Å². The molecule has 1 N–H and O–H groups in total. The van der Waals surface area contributed by atoms with E-state index in [1.165, 1.54) is 0 Å². The molecular weight excluding hydrogens is 420 g/mol. The standard InChI is InChI=1S/C24H32N4O3Si/c1-17(29)27-11-7-9-21(27)18-14-22-20(15-23(18)30)26-24(19-8-5-6-10-25-19)28(22)16-31-12-13-32(2,3)4/h5-6,8,10,14-15,21,30H,7,9,11-13,16H2,1-4H3. The Morgan fingerprint density at radius 2 is 2.09 bits per heavy atom. The number of rotatable bonds is 7. The second-order valence-corrected chi connectivity index (χ2v) is 15.3. The van der Waals surface area contributed by atoms with Gasteiger partial charge in [-0.05, 0) is 37.1 Å². The van der Waals surface area contributed by atoms with Crippen molar-refractivity contribution in [1.29, 1.82) is 0 Å². The minimum atomic E-state index is -1.20. The van der Waals surface area contributed by atoms with Gasteiger partial charge in [0.1, 0.15) is 18.2 Å². The largest absolute Gasteiger partial charge is 0.508 e. The molecule has 1 aromatic carbocycles. The summed E-state index contributed by atoms with van der Waals surface area (Å²) in [7, 11) is -1.20. The van der Waals surface area contributed by atoms with E-state index in [0.29, 0.717) is 24.7 Å². The maximum Gasteiger partial charge on any atom is 0.219 e. The minimum Gasteiger partial charge on any atom is -0.508 e. The fourth-order valence-corrected chi connectivity index (χ4v) is 5.02. The summed E-state index contributed by atoms with van der Waals surface area (Å²) in [5.74, 6) is 0.914. The van der Waals surface area contributed by atoms with Crippen LogP contribution in [0.3, 0.4) is 0 Å². The molecule has 2 aromatic heterocycles. The van der Waals surface area contributed by atoms with Crippen LogP contribution in [0.15, 0.2) is 36.5 Å². The average Bonchev–Trinajstić information content (AvgIpc) is 3.35. The minimum absolute atomic E-state index is 0.0318. The number of benzene rings is 1. The van der Waals surface area contributed by atoms with Crippen LogP contribution in [0.5, 0.6) is 5.75 Å². The van der Waals surface area contributed by atoms with Crippen molar-refractivity contribution in [1.82, 2.24) is 19.4 Å². The van der Waals surface area contributed by atoms with E-state index in [1.807, 2.05) is 33.7 Å². The number of ether oxygens (including phenoxy) is 1. The Labute approximate surface area is 190 Å². The van der Waals surface area contributed by atoms with Crippen molar-refractivity contribution in [2.45, 2.75) is 58.2 Å². The third kappa shape index (κ3) is 4.71. The fourth-order valence-electron chi connectivity index (χ4n) is 4.27. The molecular formula is C24H32N4O3Si. The molecule has 1 atom stereocenters. The number of phenolic OH excluding ortho intramolecular Hbond substituents is 1. The van der Waals surface area contributed by atoms with Gasteiger partial charge in [-0.1, -0.05) is 25.7 Å². The number of imidazole rings is 1. The van der Waals surface area contributed by atoms with Gasteiger partial charge in [0.15, 0.2) is 5.82 Å². The van der Waals surface area contributed by atoms with Crippen molar-refractivity contribution < 1.29 is 14.6 Å². The van der Waals surface area contributed by atoms with E-state index >= 15 is 0 Å². The van der Waals surface area contributed by atoms with Gasteiger partial charge in [-0.2, -0.15) is 0 Å². The number of carbonyl (C=O) groups excluding carboxylic acids is 1. The predicted octanol–water partition coefficient (Wildman–Crippen LogP) is 4.80. The smallest absolute Gasteiger partial charge is 0.219 e. The molecule has 1 unspecified atom stereocenters. The van der Waals surface area contributed by atoms with Crippen LogP contribution in [0.1, 0.15) is 31.4 Å². The molecule has 0 saturated carbocycles. The van der Waals surface area contributed by atoms with Crippen molar-refractivity contribution in [3.05, 3.63) is 42.1 Å². The van der Waals surface area contributed by atoms with Gasteiger partial charge in [0.25, 0.3) is 0 Å². The van der Waals surface area contributed by atoms with Gasteiger partial charge < -0.3 is 14.7 Å². The molecule has 0 bridgehead atoms. The van der Waals surface area contributed by atoms with E-state index in [0.717, 1.165) is 42.2 Å². The number of hydrogen-bond acceptors (Lipinski definition) is 5. The number of fused-ring (bicyclic) bond motifs is 1. The summed E-state index contributed by atoms with van der Waals surface area (Å²) >= 11 is 0. The van der Waals surface area contributed by atoms with Crippen LogP contribution >= 0.6 is 0 Å². The van der Waals surface area contributed by atoms with E-state index in [1.54, 1.807) is 19.2 Å². The Balaban J connectivity index is 1.75. The van der Waals surface area contributed by atoms with Crippen molar-refractivity contribution in [2.24, 2.45) is 0 Å². The summed E-state index contributed by atoms with van der Waals surface area (Å²) in [6.07, 6.45) is 3.52. The zero-order valence-corrected chi connectivity index (χ0v) is 20.3. The molecule has 0 spiro atoms. The highest BCUT2D eigenvalue weighted by Crippen LogP contribution is 2.39. The lowest BCUT2D eigenvalue weighted by Gasteiger charge is -2.24. The van der Waals surface area contributed by atoms with E-state index in [-0.39, 0.29) is 17.7 Å². The summed E-state index contributed by atoms with van der Waals surface area (Å²) in [5.41, 5.74) is 3.08. The molecule has 170 valence electrons. The van der Waals surface area contributed by atoms with Crippen LogP contribution in [0, 0.1) is 0 Å². The van der Waals surface area contributed by atoms with Crippen molar-refractivity contribution >= 4 is 25.0 Å². The summed E-state index contributed by atoms with van der Waals surface area (Å²) in [6, 6.07) is 10.4. The second kappa shape index (κ2) is 9.03. The number of carbonyl (C=O) groups is 1. The molecule has 1 aliphatic heterocycles. The molecule has 4 rings (SSSR count). The van der Waals surface area contributed by atoms with Crippen molar-refractivity contribution in [2.75, 3.05) is 13.2 Å². The lowest BCUT2D eigenvalue weighted by atomic mass is 10.0.